The van der Waals surface area contributed by atoms with Gasteiger partial charge >= 0.3 is 0 Å². The van der Waals surface area contributed by atoms with Crippen molar-refractivity contribution >= 4 is 11.8 Å². The molecule has 3 aliphatic rings. The van der Waals surface area contributed by atoms with Crippen molar-refractivity contribution in [1.82, 2.24) is 14.8 Å². The van der Waals surface area contributed by atoms with Crippen LogP contribution in [0.4, 0.5) is 0 Å². The van der Waals surface area contributed by atoms with Gasteiger partial charge in [0.2, 0.25) is 5.91 Å². The second-order valence-corrected chi connectivity index (χ2v) is 7.97. The molecule has 0 aliphatic carbocycles. The van der Waals surface area contributed by atoms with Crippen molar-refractivity contribution in [2.75, 3.05) is 39.4 Å². The fraction of sp³-hybridized carbons (Fsp3) is 0.650. The van der Waals surface area contributed by atoms with E-state index in [1.807, 2.05) is 15.9 Å². The number of hydrogen-bond acceptors (Lipinski definition) is 4. The van der Waals surface area contributed by atoms with E-state index in [1.54, 1.807) is 18.5 Å². The molecule has 6 heteroatoms. The van der Waals surface area contributed by atoms with E-state index in [9.17, 15) is 9.59 Å². The fourth-order valence-electron chi connectivity index (χ4n) is 4.71. The van der Waals surface area contributed by atoms with E-state index in [-0.39, 0.29) is 17.2 Å². The number of rotatable bonds is 2. The van der Waals surface area contributed by atoms with Gasteiger partial charge in [0.1, 0.15) is 0 Å². The maximum Gasteiger partial charge on any atom is 0.255 e. The largest absolute Gasteiger partial charge is 0.381 e. The third-order valence-electron chi connectivity index (χ3n) is 6.18. The maximum atomic E-state index is 12.8. The number of hydrogen-bond donors (Lipinski definition) is 0. The van der Waals surface area contributed by atoms with Crippen molar-refractivity contribution in [2.24, 2.45) is 11.3 Å². The van der Waals surface area contributed by atoms with E-state index in [0.717, 1.165) is 58.3 Å². The minimum Gasteiger partial charge on any atom is -0.381 e. The smallest absolute Gasteiger partial charge is 0.255 e. The molecule has 4 rings (SSSR count). The predicted octanol–water partition coefficient (Wildman–Crippen LogP) is 1.96. The van der Waals surface area contributed by atoms with Crippen molar-refractivity contribution < 1.29 is 14.3 Å². The molecule has 140 valence electrons. The van der Waals surface area contributed by atoms with Gasteiger partial charge in [-0.25, -0.2) is 0 Å². The summed E-state index contributed by atoms with van der Waals surface area (Å²) in [6.45, 7) is 4.55. The van der Waals surface area contributed by atoms with Crippen LogP contribution in [0.25, 0.3) is 0 Å². The van der Waals surface area contributed by atoms with Crippen LogP contribution in [0.3, 0.4) is 0 Å². The Morgan fingerprint density at radius 1 is 1.12 bits per heavy atom. The van der Waals surface area contributed by atoms with E-state index >= 15 is 0 Å². The molecule has 0 aromatic carbocycles. The summed E-state index contributed by atoms with van der Waals surface area (Å²) in [7, 11) is 0. The Morgan fingerprint density at radius 3 is 2.69 bits per heavy atom. The normalized spacial score (nSPS) is 27.1. The van der Waals surface area contributed by atoms with Crippen LogP contribution in [0.15, 0.2) is 24.5 Å². The third kappa shape index (κ3) is 3.47. The first kappa shape index (κ1) is 17.5. The van der Waals surface area contributed by atoms with Gasteiger partial charge in [-0.15, -0.1) is 0 Å². The van der Waals surface area contributed by atoms with Gasteiger partial charge in [0.05, 0.1) is 5.56 Å². The molecule has 3 saturated heterocycles. The number of amides is 2. The van der Waals surface area contributed by atoms with Crippen molar-refractivity contribution in [3.63, 3.8) is 0 Å². The molecule has 1 aromatic rings. The standard InChI is InChI=1S/C20H27N3O3/c24-18(16-4-11-26-12-5-16)23-10-7-20(15-23)6-2-9-22(14-20)19(25)17-3-1-8-21-13-17/h1,3,8,13,16H,2,4-7,9-12,14-15H2. The molecule has 0 bridgehead atoms. The zero-order chi connectivity index (χ0) is 18.0. The number of aromatic nitrogens is 1. The minimum atomic E-state index is 0.0615. The Kier molecular flexibility index (Phi) is 4.94. The summed E-state index contributed by atoms with van der Waals surface area (Å²) < 4.78 is 5.38. The van der Waals surface area contributed by atoms with Gasteiger partial charge in [-0.2, -0.15) is 0 Å². The molecule has 0 saturated carbocycles. The van der Waals surface area contributed by atoms with E-state index in [2.05, 4.69) is 4.98 Å². The van der Waals surface area contributed by atoms with Crippen LogP contribution in [0.5, 0.6) is 0 Å². The highest BCUT2D eigenvalue weighted by Crippen LogP contribution is 2.40. The predicted molar refractivity (Wildman–Crippen MR) is 96.5 cm³/mol. The van der Waals surface area contributed by atoms with Gasteiger partial charge in [0.25, 0.3) is 5.91 Å². The summed E-state index contributed by atoms with van der Waals surface area (Å²) >= 11 is 0. The molecule has 6 nitrogen and oxygen atoms in total. The number of nitrogens with zero attached hydrogens (tertiary/aromatic N) is 3. The van der Waals surface area contributed by atoms with Crippen molar-refractivity contribution in [2.45, 2.75) is 32.1 Å². The maximum absolute atomic E-state index is 12.8. The zero-order valence-electron chi connectivity index (χ0n) is 15.2. The first-order valence-electron chi connectivity index (χ1n) is 9.73. The van der Waals surface area contributed by atoms with Gasteiger partial charge in [-0.3, -0.25) is 14.6 Å². The summed E-state index contributed by atoms with van der Waals surface area (Å²) in [4.78, 5) is 33.7. The molecule has 0 radical (unpaired) electrons. The molecular formula is C20H27N3O3. The third-order valence-corrected chi connectivity index (χ3v) is 6.18. The van der Waals surface area contributed by atoms with Crippen LogP contribution in [0.2, 0.25) is 0 Å². The van der Waals surface area contributed by atoms with Crippen molar-refractivity contribution in [1.29, 1.82) is 0 Å². The fourth-order valence-corrected chi connectivity index (χ4v) is 4.71. The van der Waals surface area contributed by atoms with Gasteiger partial charge in [-0.1, -0.05) is 0 Å². The Bertz CT molecular complexity index is 660. The summed E-state index contributed by atoms with van der Waals surface area (Å²) in [5.41, 5.74) is 0.717. The second kappa shape index (κ2) is 7.35. The number of pyridine rings is 1. The van der Waals surface area contributed by atoms with Gasteiger partial charge in [-0.05, 0) is 44.2 Å². The van der Waals surface area contributed by atoms with Crippen LogP contribution in [0, 0.1) is 11.3 Å². The minimum absolute atomic E-state index is 0.0615. The van der Waals surface area contributed by atoms with Crippen LogP contribution < -0.4 is 0 Å². The lowest BCUT2D eigenvalue weighted by Gasteiger charge is -2.40. The molecule has 2 amide bonds. The number of likely N-dealkylation sites (tertiary alicyclic amines) is 2. The molecule has 3 aliphatic heterocycles. The number of carbonyl (C=O) groups is 2. The highest BCUT2D eigenvalue weighted by Gasteiger charge is 2.44. The summed E-state index contributed by atoms with van der Waals surface area (Å²) in [6, 6.07) is 3.63. The van der Waals surface area contributed by atoms with E-state index in [4.69, 9.17) is 4.74 Å². The van der Waals surface area contributed by atoms with E-state index < -0.39 is 0 Å². The van der Waals surface area contributed by atoms with E-state index in [1.165, 1.54) is 0 Å². The number of carbonyl (C=O) groups excluding carboxylic acids is 2. The number of piperidine rings is 1. The molecule has 26 heavy (non-hydrogen) atoms. The average Bonchev–Trinajstić information content (AvgIpc) is 3.11. The first-order valence-corrected chi connectivity index (χ1v) is 9.73. The van der Waals surface area contributed by atoms with Crippen molar-refractivity contribution in [3.05, 3.63) is 30.1 Å². The topological polar surface area (TPSA) is 62.7 Å². The zero-order valence-corrected chi connectivity index (χ0v) is 15.2. The van der Waals surface area contributed by atoms with Crippen LogP contribution in [-0.2, 0) is 9.53 Å². The number of ether oxygens (including phenoxy) is 1. The highest BCUT2D eigenvalue weighted by molar-refractivity contribution is 5.94. The molecule has 1 spiro atoms. The molecule has 1 unspecified atom stereocenters. The molecular weight excluding hydrogens is 330 g/mol. The molecule has 3 fully saturated rings. The monoisotopic (exact) mass is 357 g/mol. The molecule has 1 atom stereocenters. The highest BCUT2D eigenvalue weighted by atomic mass is 16.5. The summed E-state index contributed by atoms with van der Waals surface area (Å²) in [6.07, 6.45) is 8.11. The Morgan fingerprint density at radius 2 is 1.92 bits per heavy atom. The second-order valence-electron chi connectivity index (χ2n) is 7.97. The molecule has 1 aromatic heterocycles. The summed E-state index contributed by atoms with van der Waals surface area (Å²) in [5, 5.41) is 0. The first-order chi connectivity index (χ1) is 12.7. The Labute approximate surface area is 154 Å². The quantitative estimate of drug-likeness (QED) is 0.812. The van der Waals surface area contributed by atoms with Gasteiger partial charge < -0.3 is 14.5 Å². The SMILES string of the molecule is O=C(c1cccnc1)N1CCCC2(CCN(C(=O)C3CCOCC3)C2)C1. The summed E-state index contributed by atoms with van der Waals surface area (Å²) in [5.74, 6) is 0.475. The van der Waals surface area contributed by atoms with E-state index in [0.29, 0.717) is 24.7 Å². The van der Waals surface area contributed by atoms with Crippen LogP contribution in [0.1, 0.15) is 42.5 Å². The molecule has 0 N–H and O–H groups in total. The van der Waals surface area contributed by atoms with Crippen LogP contribution >= 0.6 is 0 Å². The Balaban J connectivity index is 1.41. The Hall–Kier alpha value is -1.95. The molecule has 4 heterocycles. The van der Waals surface area contributed by atoms with Gasteiger partial charge in [0, 0.05) is 63.1 Å². The van der Waals surface area contributed by atoms with Gasteiger partial charge in [0.15, 0.2) is 0 Å². The lowest BCUT2D eigenvalue weighted by atomic mass is 9.79. The van der Waals surface area contributed by atoms with Crippen LogP contribution in [-0.4, -0.2) is 66.0 Å². The lowest BCUT2D eigenvalue weighted by molar-refractivity contribution is -0.138. The van der Waals surface area contributed by atoms with Crippen molar-refractivity contribution in [3.8, 4) is 0 Å². The average molecular weight is 357 g/mol. The lowest BCUT2D eigenvalue weighted by Crippen LogP contribution is -2.48.